The fourth-order valence-corrected chi connectivity index (χ4v) is 1.55. The summed E-state index contributed by atoms with van der Waals surface area (Å²) in [6.45, 7) is 2.10. The lowest BCUT2D eigenvalue weighted by molar-refractivity contribution is 0.401. The molecule has 0 aliphatic heterocycles. The third-order valence-electron chi connectivity index (χ3n) is 2.24. The number of hydrogen-bond acceptors (Lipinski definition) is 1. The molecular weight excluding hydrogens is 172 g/mol. The van der Waals surface area contributed by atoms with E-state index in [-0.39, 0.29) is 0 Å². The van der Waals surface area contributed by atoms with Crippen molar-refractivity contribution >= 4 is 0 Å². The van der Waals surface area contributed by atoms with Gasteiger partial charge in [0.05, 0.1) is 0 Å². The van der Waals surface area contributed by atoms with E-state index in [4.69, 9.17) is 4.74 Å². The van der Waals surface area contributed by atoms with Crippen LogP contribution in [0.25, 0.3) is 0 Å². The van der Waals surface area contributed by atoms with E-state index in [1.807, 2.05) is 30.3 Å². The Morgan fingerprint density at radius 3 is 2.64 bits per heavy atom. The average molecular weight is 186 g/mol. The van der Waals surface area contributed by atoms with Crippen LogP contribution in [0.4, 0.5) is 0 Å². The second-order valence-electron chi connectivity index (χ2n) is 3.51. The predicted octanol–water partition coefficient (Wildman–Crippen LogP) is 3.69. The SMILES string of the molecule is CC1=CCCC(Oc2ccccc2)=C1. The summed E-state index contributed by atoms with van der Waals surface area (Å²) in [5.41, 5.74) is 1.29. The zero-order valence-corrected chi connectivity index (χ0v) is 8.36. The first-order valence-electron chi connectivity index (χ1n) is 4.95. The molecule has 1 aliphatic carbocycles. The van der Waals surface area contributed by atoms with Gasteiger partial charge in [0.2, 0.25) is 0 Å². The van der Waals surface area contributed by atoms with Gasteiger partial charge in [-0.25, -0.2) is 0 Å². The molecule has 1 heteroatoms. The number of ether oxygens (including phenoxy) is 1. The summed E-state index contributed by atoms with van der Waals surface area (Å²) in [4.78, 5) is 0. The molecular formula is C13H14O. The van der Waals surface area contributed by atoms with Gasteiger partial charge in [-0.15, -0.1) is 0 Å². The number of hydrogen-bond donors (Lipinski definition) is 0. The normalized spacial score (nSPS) is 15.8. The van der Waals surface area contributed by atoms with E-state index in [1.165, 1.54) is 5.57 Å². The highest BCUT2D eigenvalue weighted by molar-refractivity contribution is 5.28. The molecule has 2 rings (SSSR count). The van der Waals surface area contributed by atoms with Crippen LogP contribution in [0.1, 0.15) is 19.8 Å². The van der Waals surface area contributed by atoms with Crippen molar-refractivity contribution in [2.75, 3.05) is 0 Å². The molecule has 0 radical (unpaired) electrons. The van der Waals surface area contributed by atoms with Gasteiger partial charge in [-0.1, -0.05) is 29.8 Å². The van der Waals surface area contributed by atoms with Crippen molar-refractivity contribution in [2.24, 2.45) is 0 Å². The molecule has 0 amide bonds. The van der Waals surface area contributed by atoms with Crippen molar-refractivity contribution < 1.29 is 4.74 Å². The van der Waals surface area contributed by atoms with Gasteiger partial charge >= 0.3 is 0 Å². The second kappa shape index (κ2) is 4.14. The van der Waals surface area contributed by atoms with Crippen molar-refractivity contribution in [1.29, 1.82) is 0 Å². The first kappa shape index (κ1) is 9.07. The molecule has 0 bridgehead atoms. The van der Waals surface area contributed by atoms with Gasteiger partial charge in [0.1, 0.15) is 11.5 Å². The summed E-state index contributed by atoms with van der Waals surface area (Å²) < 4.78 is 5.75. The third-order valence-corrected chi connectivity index (χ3v) is 2.24. The van der Waals surface area contributed by atoms with E-state index in [2.05, 4.69) is 19.1 Å². The summed E-state index contributed by atoms with van der Waals surface area (Å²) in [7, 11) is 0. The maximum absolute atomic E-state index is 5.75. The summed E-state index contributed by atoms with van der Waals surface area (Å²) in [6.07, 6.45) is 6.44. The van der Waals surface area contributed by atoms with Gasteiger partial charge in [0, 0.05) is 6.42 Å². The fraction of sp³-hybridized carbons (Fsp3) is 0.231. The van der Waals surface area contributed by atoms with Gasteiger partial charge in [-0.2, -0.15) is 0 Å². The molecule has 72 valence electrons. The molecule has 0 saturated carbocycles. The Labute approximate surface area is 84.7 Å². The van der Waals surface area contributed by atoms with E-state index in [9.17, 15) is 0 Å². The van der Waals surface area contributed by atoms with Crippen LogP contribution in [0.15, 0.2) is 53.8 Å². The van der Waals surface area contributed by atoms with Crippen molar-refractivity contribution in [3.63, 3.8) is 0 Å². The van der Waals surface area contributed by atoms with Gasteiger partial charge in [-0.3, -0.25) is 0 Å². The Morgan fingerprint density at radius 1 is 1.14 bits per heavy atom. The minimum absolute atomic E-state index is 0.924. The lowest BCUT2D eigenvalue weighted by Crippen LogP contribution is -1.98. The zero-order valence-electron chi connectivity index (χ0n) is 8.36. The van der Waals surface area contributed by atoms with Crippen LogP contribution < -0.4 is 4.74 Å². The molecule has 0 fully saturated rings. The predicted molar refractivity (Wildman–Crippen MR) is 58.1 cm³/mol. The molecule has 0 aromatic heterocycles. The van der Waals surface area contributed by atoms with Crippen molar-refractivity contribution in [1.82, 2.24) is 0 Å². The maximum Gasteiger partial charge on any atom is 0.126 e. The molecule has 0 atom stereocenters. The average Bonchev–Trinajstić information content (AvgIpc) is 2.19. The molecule has 1 aliphatic rings. The third kappa shape index (κ3) is 2.25. The second-order valence-corrected chi connectivity index (χ2v) is 3.51. The van der Waals surface area contributed by atoms with Crippen LogP contribution in [0.2, 0.25) is 0 Å². The molecule has 1 aromatic carbocycles. The lowest BCUT2D eigenvalue weighted by atomic mass is 10.1. The monoisotopic (exact) mass is 186 g/mol. The van der Waals surface area contributed by atoms with E-state index in [0.717, 1.165) is 24.4 Å². The first-order valence-corrected chi connectivity index (χ1v) is 4.95. The highest BCUT2D eigenvalue weighted by Gasteiger charge is 2.04. The van der Waals surface area contributed by atoms with Crippen LogP contribution in [-0.4, -0.2) is 0 Å². The fourth-order valence-electron chi connectivity index (χ4n) is 1.55. The molecule has 0 spiro atoms. The van der Waals surface area contributed by atoms with Gasteiger partial charge in [0.25, 0.3) is 0 Å². The number of rotatable bonds is 2. The van der Waals surface area contributed by atoms with Crippen LogP contribution in [0, 0.1) is 0 Å². The van der Waals surface area contributed by atoms with Crippen LogP contribution >= 0.6 is 0 Å². The van der Waals surface area contributed by atoms with E-state index < -0.39 is 0 Å². The van der Waals surface area contributed by atoms with Crippen molar-refractivity contribution in [3.8, 4) is 5.75 Å². The van der Waals surface area contributed by atoms with Gasteiger partial charge in [0.15, 0.2) is 0 Å². The number of benzene rings is 1. The van der Waals surface area contributed by atoms with Crippen molar-refractivity contribution in [3.05, 3.63) is 53.8 Å². The number of allylic oxidation sites excluding steroid dienone is 4. The van der Waals surface area contributed by atoms with Gasteiger partial charge < -0.3 is 4.74 Å². The van der Waals surface area contributed by atoms with E-state index in [0.29, 0.717) is 0 Å². The van der Waals surface area contributed by atoms with E-state index >= 15 is 0 Å². The Balaban J connectivity index is 2.09. The summed E-state index contributed by atoms with van der Waals surface area (Å²) in [5.74, 6) is 1.99. The van der Waals surface area contributed by atoms with E-state index in [1.54, 1.807) is 0 Å². The van der Waals surface area contributed by atoms with Crippen LogP contribution in [0.3, 0.4) is 0 Å². The minimum Gasteiger partial charge on any atom is -0.462 e. The summed E-state index contributed by atoms with van der Waals surface area (Å²) >= 11 is 0. The largest absolute Gasteiger partial charge is 0.462 e. The topological polar surface area (TPSA) is 9.23 Å². The minimum atomic E-state index is 0.924. The molecule has 0 unspecified atom stereocenters. The molecule has 1 nitrogen and oxygen atoms in total. The standard InChI is InChI=1S/C13H14O/c1-11-6-5-9-13(10-11)14-12-7-3-2-4-8-12/h2-4,6-8,10H,5,9H2,1H3. The Hall–Kier alpha value is -1.50. The van der Waals surface area contributed by atoms with Crippen molar-refractivity contribution in [2.45, 2.75) is 19.8 Å². The first-order chi connectivity index (χ1) is 6.84. The zero-order chi connectivity index (χ0) is 9.80. The van der Waals surface area contributed by atoms with Crippen LogP contribution in [0.5, 0.6) is 5.75 Å². The highest BCUT2D eigenvalue weighted by Crippen LogP contribution is 2.21. The smallest absolute Gasteiger partial charge is 0.126 e. The molecule has 1 aromatic rings. The van der Waals surface area contributed by atoms with Gasteiger partial charge in [-0.05, 0) is 31.6 Å². The number of para-hydroxylation sites is 1. The lowest BCUT2D eigenvalue weighted by Gasteiger charge is -2.12. The molecule has 0 N–H and O–H groups in total. The summed E-state index contributed by atoms with van der Waals surface area (Å²) in [5, 5.41) is 0. The maximum atomic E-state index is 5.75. The molecule has 0 heterocycles. The highest BCUT2D eigenvalue weighted by atomic mass is 16.5. The quantitative estimate of drug-likeness (QED) is 0.684. The Kier molecular flexibility index (Phi) is 2.68. The summed E-state index contributed by atoms with van der Waals surface area (Å²) in [6, 6.07) is 9.93. The molecule has 14 heavy (non-hydrogen) atoms. The Morgan fingerprint density at radius 2 is 1.93 bits per heavy atom. The molecule has 0 saturated heterocycles. The van der Waals surface area contributed by atoms with Crippen LogP contribution in [-0.2, 0) is 0 Å². The Bertz CT molecular complexity index is 360.